The lowest BCUT2D eigenvalue weighted by Crippen LogP contribution is -2.40. The number of nitrogens with zero attached hydrogens (tertiary/aromatic N) is 2. The molecule has 1 aromatic heterocycles. The second-order valence-corrected chi connectivity index (χ2v) is 5.93. The van der Waals surface area contributed by atoms with Gasteiger partial charge in [0.25, 0.3) is 10.0 Å². The predicted octanol–water partition coefficient (Wildman–Crippen LogP) is 0.116. The minimum atomic E-state index is -3.78. The van der Waals surface area contributed by atoms with Gasteiger partial charge in [0.15, 0.2) is 5.03 Å². The minimum absolute atomic E-state index is 0.105. The Balaban J connectivity index is 2.92. The lowest BCUT2D eigenvalue weighted by Gasteiger charge is -2.16. The van der Waals surface area contributed by atoms with E-state index in [-0.39, 0.29) is 5.03 Å². The second kappa shape index (κ2) is 5.07. The zero-order valence-electron chi connectivity index (χ0n) is 10.7. The smallest absolute Gasteiger partial charge is 0.307 e. The van der Waals surface area contributed by atoms with Crippen LogP contribution in [0.5, 0.6) is 0 Å². The van der Waals surface area contributed by atoms with E-state index in [9.17, 15) is 13.2 Å². The van der Waals surface area contributed by atoms with E-state index in [2.05, 4.69) is 9.71 Å². The van der Waals surface area contributed by atoms with Crippen molar-refractivity contribution in [2.75, 3.05) is 0 Å². The Morgan fingerprint density at radius 3 is 2.44 bits per heavy atom. The lowest BCUT2D eigenvalue weighted by molar-refractivity contribution is -0.141. The van der Waals surface area contributed by atoms with E-state index in [0.29, 0.717) is 5.82 Å². The van der Waals surface area contributed by atoms with E-state index in [0.717, 1.165) is 0 Å². The van der Waals surface area contributed by atoms with Crippen molar-refractivity contribution >= 4 is 16.0 Å². The molecule has 8 heteroatoms. The first kappa shape index (κ1) is 14.7. The van der Waals surface area contributed by atoms with E-state index in [1.807, 2.05) is 0 Å². The van der Waals surface area contributed by atoms with Crippen LogP contribution in [0.25, 0.3) is 0 Å². The van der Waals surface area contributed by atoms with Gasteiger partial charge >= 0.3 is 5.97 Å². The molecule has 0 aliphatic carbocycles. The van der Waals surface area contributed by atoms with Gasteiger partial charge < -0.3 is 9.67 Å². The molecule has 0 aliphatic rings. The fraction of sp³-hybridized carbons (Fsp3) is 0.600. The maximum atomic E-state index is 12.0. The fourth-order valence-corrected chi connectivity index (χ4v) is 2.64. The summed E-state index contributed by atoms with van der Waals surface area (Å²) in [6.07, 6.45) is 1.38. The van der Waals surface area contributed by atoms with E-state index >= 15 is 0 Å². The number of nitrogens with one attached hydrogen (secondary N) is 1. The van der Waals surface area contributed by atoms with Gasteiger partial charge in [-0.05, 0) is 13.8 Å². The minimum Gasteiger partial charge on any atom is -0.481 e. The third kappa shape index (κ3) is 3.08. The largest absolute Gasteiger partial charge is 0.481 e. The third-order valence-electron chi connectivity index (χ3n) is 2.84. The molecular formula is C10H17N3O4S. The second-order valence-electron chi connectivity index (χ2n) is 4.27. The molecule has 0 aromatic carbocycles. The van der Waals surface area contributed by atoms with Crippen LogP contribution >= 0.6 is 0 Å². The van der Waals surface area contributed by atoms with Crippen LogP contribution in [0.1, 0.15) is 19.7 Å². The summed E-state index contributed by atoms with van der Waals surface area (Å²) in [6.45, 7) is 4.63. The summed E-state index contributed by atoms with van der Waals surface area (Å²) >= 11 is 0. The standard InChI is InChI=1S/C10H17N3O4S/c1-6(10(14)15)7(2)12-18(16,17)9-5-13(4)8(3)11-9/h5-7,12H,1-4H3,(H,14,15). The van der Waals surface area contributed by atoms with Crippen LogP contribution in [-0.2, 0) is 21.9 Å². The van der Waals surface area contributed by atoms with Crippen molar-refractivity contribution in [1.29, 1.82) is 0 Å². The molecule has 102 valence electrons. The summed E-state index contributed by atoms with van der Waals surface area (Å²) in [5.74, 6) is -1.30. The van der Waals surface area contributed by atoms with Crippen LogP contribution in [0.3, 0.4) is 0 Å². The maximum Gasteiger partial charge on any atom is 0.307 e. The molecular weight excluding hydrogens is 258 g/mol. The van der Waals surface area contributed by atoms with Crippen LogP contribution in [0.4, 0.5) is 0 Å². The highest BCUT2D eigenvalue weighted by Crippen LogP contribution is 2.11. The molecule has 18 heavy (non-hydrogen) atoms. The molecule has 0 radical (unpaired) electrons. The number of hydrogen-bond donors (Lipinski definition) is 2. The normalized spacial score (nSPS) is 15.3. The Kier molecular flexibility index (Phi) is 4.12. The SMILES string of the molecule is Cc1nc(S(=O)(=O)NC(C)C(C)C(=O)O)cn1C. The summed E-state index contributed by atoms with van der Waals surface area (Å²) < 4.78 is 27.8. The highest BCUT2D eigenvalue weighted by Gasteiger charge is 2.26. The molecule has 2 unspecified atom stereocenters. The van der Waals surface area contributed by atoms with Crippen LogP contribution in [0, 0.1) is 12.8 Å². The number of hydrogen-bond acceptors (Lipinski definition) is 4. The number of aromatic nitrogens is 2. The van der Waals surface area contributed by atoms with Gasteiger partial charge in [-0.1, -0.05) is 6.92 Å². The monoisotopic (exact) mass is 275 g/mol. The number of sulfonamides is 1. The quantitative estimate of drug-likeness (QED) is 0.794. The highest BCUT2D eigenvalue weighted by molar-refractivity contribution is 7.89. The van der Waals surface area contributed by atoms with E-state index in [1.165, 1.54) is 20.0 Å². The highest BCUT2D eigenvalue weighted by atomic mass is 32.2. The Morgan fingerprint density at radius 1 is 1.50 bits per heavy atom. The molecule has 0 bridgehead atoms. The number of rotatable bonds is 5. The third-order valence-corrected chi connectivity index (χ3v) is 4.27. The lowest BCUT2D eigenvalue weighted by atomic mass is 10.1. The van der Waals surface area contributed by atoms with Crippen LogP contribution in [0.2, 0.25) is 0 Å². The zero-order chi connectivity index (χ0) is 14.1. The van der Waals surface area contributed by atoms with E-state index in [4.69, 9.17) is 5.11 Å². The van der Waals surface area contributed by atoms with Gasteiger partial charge in [-0.2, -0.15) is 0 Å². The number of aryl methyl sites for hydroxylation is 2. The first-order valence-electron chi connectivity index (χ1n) is 5.40. The van der Waals surface area contributed by atoms with E-state index in [1.54, 1.807) is 18.5 Å². The average Bonchev–Trinajstić information content (AvgIpc) is 2.58. The topological polar surface area (TPSA) is 101 Å². The van der Waals surface area contributed by atoms with Gasteiger partial charge in [0.05, 0.1) is 5.92 Å². The van der Waals surface area contributed by atoms with Gasteiger partial charge in [0.2, 0.25) is 0 Å². The number of carboxylic acid groups (broad SMARTS) is 1. The van der Waals surface area contributed by atoms with Crippen LogP contribution < -0.4 is 4.72 Å². The molecule has 2 atom stereocenters. The number of aliphatic carboxylic acids is 1. The Morgan fingerprint density at radius 2 is 2.06 bits per heavy atom. The molecule has 1 rings (SSSR count). The first-order valence-corrected chi connectivity index (χ1v) is 6.88. The Bertz CT molecular complexity index is 530. The molecule has 0 aliphatic heterocycles. The van der Waals surface area contributed by atoms with Crippen molar-refractivity contribution in [1.82, 2.24) is 14.3 Å². The molecule has 1 aromatic rings. The summed E-state index contributed by atoms with van der Waals surface area (Å²) in [5.41, 5.74) is 0. The van der Waals surface area contributed by atoms with Crippen molar-refractivity contribution in [2.45, 2.75) is 31.8 Å². The summed E-state index contributed by atoms with van der Waals surface area (Å²) in [4.78, 5) is 14.7. The van der Waals surface area contributed by atoms with Gasteiger partial charge in [-0.25, -0.2) is 18.1 Å². The summed E-state index contributed by atoms with van der Waals surface area (Å²) in [7, 11) is -2.10. The van der Waals surface area contributed by atoms with Crippen molar-refractivity contribution in [3.8, 4) is 0 Å². The molecule has 0 spiro atoms. The molecule has 0 fully saturated rings. The van der Waals surface area contributed by atoms with Crippen molar-refractivity contribution in [3.63, 3.8) is 0 Å². The van der Waals surface area contributed by atoms with Crippen LogP contribution in [0.15, 0.2) is 11.2 Å². The number of imidazole rings is 1. The van der Waals surface area contributed by atoms with Crippen molar-refractivity contribution < 1.29 is 18.3 Å². The summed E-state index contributed by atoms with van der Waals surface area (Å²) in [6, 6.07) is -0.713. The molecule has 7 nitrogen and oxygen atoms in total. The van der Waals surface area contributed by atoms with Crippen LogP contribution in [-0.4, -0.2) is 35.1 Å². The Labute approximate surface area is 106 Å². The molecule has 1 heterocycles. The first-order chi connectivity index (χ1) is 8.15. The van der Waals surface area contributed by atoms with Gasteiger partial charge in [0, 0.05) is 19.3 Å². The molecule has 0 saturated heterocycles. The predicted molar refractivity (Wildman–Crippen MR) is 64.5 cm³/mol. The fourth-order valence-electron chi connectivity index (χ4n) is 1.28. The molecule has 2 N–H and O–H groups in total. The number of carboxylic acids is 1. The van der Waals surface area contributed by atoms with E-state index < -0.39 is 28.0 Å². The van der Waals surface area contributed by atoms with Crippen molar-refractivity contribution in [3.05, 3.63) is 12.0 Å². The van der Waals surface area contributed by atoms with Crippen molar-refractivity contribution in [2.24, 2.45) is 13.0 Å². The average molecular weight is 275 g/mol. The maximum absolute atomic E-state index is 12.0. The van der Waals surface area contributed by atoms with Gasteiger partial charge in [0.1, 0.15) is 5.82 Å². The number of carbonyl (C=O) groups is 1. The molecule has 0 saturated carbocycles. The molecule has 0 amide bonds. The van der Waals surface area contributed by atoms with Gasteiger partial charge in [-0.3, -0.25) is 4.79 Å². The van der Waals surface area contributed by atoms with Gasteiger partial charge in [-0.15, -0.1) is 0 Å². The summed E-state index contributed by atoms with van der Waals surface area (Å²) in [5, 5.41) is 8.71. The Hall–Kier alpha value is -1.41. The zero-order valence-corrected chi connectivity index (χ0v) is 11.5.